The monoisotopic (exact) mass is 706 g/mol. The lowest BCUT2D eigenvalue weighted by atomic mass is 9.81. The summed E-state index contributed by atoms with van der Waals surface area (Å²) in [6.45, 7) is 4.74. The van der Waals surface area contributed by atoms with Gasteiger partial charge in [0.25, 0.3) is 0 Å². The molecule has 1 aliphatic carbocycles. The number of fused-ring (bicyclic) bond motifs is 9. The summed E-state index contributed by atoms with van der Waals surface area (Å²) in [4.78, 5) is 10.5. The van der Waals surface area contributed by atoms with Crippen molar-refractivity contribution < 1.29 is 0 Å². The molecule has 1 aliphatic rings. The average molecular weight is 707 g/mol. The fraction of sp³-hybridized carbons (Fsp3) is 0.0588. The van der Waals surface area contributed by atoms with Gasteiger partial charge in [-0.1, -0.05) is 159 Å². The molecule has 2 nitrogen and oxygen atoms in total. The Kier molecular flexibility index (Phi) is 6.80. The van der Waals surface area contributed by atoms with Crippen LogP contribution in [0.15, 0.2) is 170 Å². The molecule has 0 atom stereocenters. The number of aromatic nitrogens is 2. The molecule has 0 radical (unpaired) electrons. The highest BCUT2D eigenvalue weighted by atomic mass is 32.1. The van der Waals surface area contributed by atoms with Gasteiger partial charge in [-0.25, -0.2) is 9.97 Å². The van der Waals surface area contributed by atoms with Crippen molar-refractivity contribution in [3.63, 3.8) is 0 Å². The Morgan fingerprint density at radius 1 is 0.407 bits per heavy atom. The Hall–Kier alpha value is -6.42. The summed E-state index contributed by atoms with van der Waals surface area (Å²) >= 11 is 1.84. The lowest BCUT2D eigenvalue weighted by molar-refractivity contribution is 0.661. The van der Waals surface area contributed by atoms with E-state index in [1.54, 1.807) is 0 Å². The van der Waals surface area contributed by atoms with E-state index in [9.17, 15) is 0 Å². The third kappa shape index (κ3) is 4.65. The maximum absolute atomic E-state index is 5.29. The zero-order chi connectivity index (χ0) is 36.0. The van der Waals surface area contributed by atoms with Crippen LogP contribution in [0.1, 0.15) is 25.0 Å². The number of benzene rings is 8. The van der Waals surface area contributed by atoms with Gasteiger partial charge < -0.3 is 0 Å². The maximum atomic E-state index is 5.29. The largest absolute Gasteiger partial charge is 0.228 e. The summed E-state index contributed by atoms with van der Waals surface area (Å²) in [5.74, 6) is 0.720. The molecule has 11 rings (SSSR count). The van der Waals surface area contributed by atoms with Crippen LogP contribution in [0.25, 0.3) is 97.9 Å². The number of hydrogen-bond donors (Lipinski definition) is 0. The molecule has 0 fully saturated rings. The summed E-state index contributed by atoms with van der Waals surface area (Å²) in [6.07, 6.45) is 0. The summed E-state index contributed by atoms with van der Waals surface area (Å²) in [7, 11) is 0. The predicted molar refractivity (Wildman–Crippen MR) is 229 cm³/mol. The molecule has 54 heavy (non-hydrogen) atoms. The molecule has 0 amide bonds. The highest BCUT2D eigenvalue weighted by molar-refractivity contribution is 7.25. The molecule has 0 saturated heterocycles. The van der Waals surface area contributed by atoms with E-state index in [1.807, 2.05) is 17.4 Å². The fourth-order valence-electron chi connectivity index (χ4n) is 8.87. The van der Waals surface area contributed by atoms with Crippen LogP contribution < -0.4 is 0 Å². The van der Waals surface area contributed by atoms with Crippen LogP contribution in [0.3, 0.4) is 0 Å². The second-order valence-electron chi connectivity index (χ2n) is 14.9. The van der Waals surface area contributed by atoms with E-state index < -0.39 is 0 Å². The van der Waals surface area contributed by atoms with E-state index in [0.717, 1.165) is 33.9 Å². The van der Waals surface area contributed by atoms with Gasteiger partial charge in [0.05, 0.1) is 11.4 Å². The highest BCUT2D eigenvalue weighted by Crippen LogP contribution is 2.55. The molecule has 2 heterocycles. The lowest BCUT2D eigenvalue weighted by Gasteiger charge is -2.22. The van der Waals surface area contributed by atoms with Crippen LogP contribution in [0.4, 0.5) is 0 Å². The molecule has 0 spiro atoms. The smallest absolute Gasteiger partial charge is 0.160 e. The number of hydrogen-bond acceptors (Lipinski definition) is 3. The number of thiophene rings is 1. The molecule has 8 aromatic carbocycles. The molecule has 0 aliphatic heterocycles. The van der Waals surface area contributed by atoms with E-state index in [2.05, 4.69) is 178 Å². The Balaban J connectivity index is 1.13. The molecule has 254 valence electrons. The van der Waals surface area contributed by atoms with Gasteiger partial charge in [-0.15, -0.1) is 11.3 Å². The quantitative estimate of drug-likeness (QED) is 0.182. The van der Waals surface area contributed by atoms with E-state index in [-0.39, 0.29) is 5.41 Å². The summed E-state index contributed by atoms with van der Waals surface area (Å²) in [6, 6.07) is 61.7. The van der Waals surface area contributed by atoms with Crippen LogP contribution in [0, 0.1) is 0 Å². The minimum Gasteiger partial charge on any atom is -0.228 e. The second-order valence-corrected chi connectivity index (χ2v) is 16.0. The Labute approximate surface area is 318 Å². The van der Waals surface area contributed by atoms with Crippen molar-refractivity contribution in [2.24, 2.45) is 0 Å². The van der Waals surface area contributed by atoms with Gasteiger partial charge >= 0.3 is 0 Å². The van der Waals surface area contributed by atoms with Crippen LogP contribution in [0.5, 0.6) is 0 Å². The Morgan fingerprint density at radius 3 is 1.93 bits per heavy atom. The molecule has 0 saturated carbocycles. The first-order valence-electron chi connectivity index (χ1n) is 18.6. The van der Waals surface area contributed by atoms with E-state index in [4.69, 9.17) is 9.97 Å². The predicted octanol–water partition coefficient (Wildman–Crippen LogP) is 14.1. The third-order valence-electron chi connectivity index (χ3n) is 11.5. The molecule has 3 heteroatoms. The van der Waals surface area contributed by atoms with E-state index >= 15 is 0 Å². The maximum Gasteiger partial charge on any atom is 0.160 e. The van der Waals surface area contributed by atoms with Gasteiger partial charge in [-0.05, 0) is 79.2 Å². The second kappa shape index (κ2) is 11.8. The molecule has 0 bridgehead atoms. The molecular formula is C51H34N2S. The summed E-state index contributed by atoms with van der Waals surface area (Å²) < 4.78 is 2.58. The number of rotatable bonds is 4. The van der Waals surface area contributed by atoms with Gasteiger partial charge in [0.1, 0.15) is 0 Å². The van der Waals surface area contributed by atoms with Gasteiger partial charge in [-0.2, -0.15) is 0 Å². The van der Waals surface area contributed by atoms with Gasteiger partial charge in [0, 0.05) is 42.3 Å². The Bertz CT molecular complexity index is 3130. The van der Waals surface area contributed by atoms with Crippen LogP contribution in [0.2, 0.25) is 0 Å². The molecular weight excluding hydrogens is 673 g/mol. The molecule has 0 unspecified atom stereocenters. The first-order chi connectivity index (χ1) is 26.5. The average Bonchev–Trinajstić information content (AvgIpc) is 3.72. The normalized spacial score (nSPS) is 13.1. The van der Waals surface area contributed by atoms with Crippen LogP contribution in [-0.2, 0) is 5.41 Å². The van der Waals surface area contributed by atoms with Crippen molar-refractivity contribution in [1.82, 2.24) is 9.97 Å². The van der Waals surface area contributed by atoms with Crippen molar-refractivity contribution >= 4 is 53.1 Å². The minimum absolute atomic E-state index is 0.107. The molecule has 10 aromatic rings. The van der Waals surface area contributed by atoms with Crippen LogP contribution in [-0.4, -0.2) is 9.97 Å². The van der Waals surface area contributed by atoms with Crippen molar-refractivity contribution in [2.75, 3.05) is 0 Å². The SMILES string of the molecule is CC1(C)c2cccc(-c3ccc(-c4cc(-c5ccc6sc7ccccc7c6c5)nc(-c5ccccc5)n4)c4ccccc34)c2-c2c1ccc1ccccc21. The molecule has 0 N–H and O–H groups in total. The minimum atomic E-state index is -0.107. The zero-order valence-electron chi connectivity index (χ0n) is 30.0. The third-order valence-corrected chi connectivity index (χ3v) is 12.7. The highest BCUT2D eigenvalue weighted by Gasteiger charge is 2.38. The summed E-state index contributed by atoms with van der Waals surface area (Å²) in [5.41, 5.74) is 12.9. The van der Waals surface area contributed by atoms with E-state index in [1.165, 1.54) is 75.1 Å². The topological polar surface area (TPSA) is 25.8 Å². The number of nitrogens with zero attached hydrogens (tertiary/aromatic N) is 2. The van der Waals surface area contributed by atoms with Gasteiger partial charge in [0.15, 0.2) is 5.82 Å². The lowest BCUT2D eigenvalue weighted by Crippen LogP contribution is -2.14. The van der Waals surface area contributed by atoms with E-state index in [0.29, 0.717) is 0 Å². The van der Waals surface area contributed by atoms with Gasteiger partial charge in [0.2, 0.25) is 0 Å². The van der Waals surface area contributed by atoms with Crippen molar-refractivity contribution in [3.05, 3.63) is 181 Å². The van der Waals surface area contributed by atoms with Crippen molar-refractivity contribution in [3.8, 4) is 56.2 Å². The molecule has 2 aromatic heterocycles. The first-order valence-corrected chi connectivity index (χ1v) is 19.4. The Morgan fingerprint density at radius 2 is 1.07 bits per heavy atom. The van der Waals surface area contributed by atoms with Crippen LogP contribution >= 0.6 is 11.3 Å². The van der Waals surface area contributed by atoms with Crippen molar-refractivity contribution in [1.29, 1.82) is 0 Å². The standard InChI is InChI=1S/C51H34N2S/c1-51(2)42-21-12-20-40(49(42)48-34-16-7-6-13-31(34)23-27-43(48)51)37-25-26-38(36-18-9-8-17-35(36)37)45-30-44(52-50(53-45)32-14-4-3-5-15-32)33-24-28-47-41(29-33)39-19-10-11-22-46(39)54-47/h3-30H,1-2H3. The zero-order valence-corrected chi connectivity index (χ0v) is 30.8. The fourth-order valence-corrected chi connectivity index (χ4v) is 9.95. The van der Waals surface area contributed by atoms with Gasteiger partial charge in [-0.3, -0.25) is 0 Å². The van der Waals surface area contributed by atoms with Crippen molar-refractivity contribution in [2.45, 2.75) is 19.3 Å². The summed E-state index contributed by atoms with van der Waals surface area (Å²) in [5, 5.41) is 7.51. The first kappa shape index (κ1) is 31.1.